The third kappa shape index (κ3) is 5.29. The molecule has 0 aliphatic carbocycles. The number of nitrogens with zero attached hydrogens (tertiary/aromatic N) is 1. The minimum Gasteiger partial charge on any atom is -0.324 e. The van der Waals surface area contributed by atoms with Crippen molar-refractivity contribution in [1.29, 1.82) is 0 Å². The first-order valence-corrected chi connectivity index (χ1v) is 10.7. The van der Waals surface area contributed by atoms with Crippen molar-refractivity contribution in [2.45, 2.75) is 39.4 Å². The Morgan fingerprint density at radius 1 is 1.14 bits per heavy atom. The lowest BCUT2D eigenvalue weighted by Gasteiger charge is -2.31. The van der Waals surface area contributed by atoms with E-state index in [0.717, 1.165) is 28.3 Å². The second-order valence-electron chi connectivity index (χ2n) is 6.81. The van der Waals surface area contributed by atoms with Gasteiger partial charge in [0.15, 0.2) is 0 Å². The van der Waals surface area contributed by atoms with Crippen molar-refractivity contribution in [3.05, 3.63) is 59.2 Å². The van der Waals surface area contributed by atoms with Gasteiger partial charge in [0.25, 0.3) is 0 Å². The first-order chi connectivity index (χ1) is 13.4. The SMILES string of the molecule is CCC(C(=O)Nc1ccccc1C(F)(F)F)N(c1cc(C)ccc1C)S(C)(=O)=O. The second-order valence-corrected chi connectivity index (χ2v) is 8.66. The molecule has 1 amide bonds. The zero-order valence-corrected chi connectivity index (χ0v) is 17.4. The van der Waals surface area contributed by atoms with Crippen LogP contribution in [-0.4, -0.2) is 26.6 Å². The van der Waals surface area contributed by atoms with Crippen LogP contribution in [0.2, 0.25) is 0 Å². The molecule has 0 heterocycles. The lowest BCUT2D eigenvalue weighted by molar-refractivity contribution is -0.137. The van der Waals surface area contributed by atoms with Gasteiger partial charge in [-0.15, -0.1) is 0 Å². The van der Waals surface area contributed by atoms with E-state index in [0.29, 0.717) is 11.3 Å². The molecule has 0 spiro atoms. The summed E-state index contributed by atoms with van der Waals surface area (Å²) in [5, 5.41) is 2.26. The number of hydrogen-bond donors (Lipinski definition) is 1. The van der Waals surface area contributed by atoms with E-state index in [2.05, 4.69) is 5.32 Å². The van der Waals surface area contributed by atoms with Gasteiger partial charge in [0, 0.05) is 0 Å². The Bertz CT molecular complexity index is 1000. The van der Waals surface area contributed by atoms with Crippen molar-refractivity contribution in [3.63, 3.8) is 0 Å². The number of alkyl halides is 3. The highest BCUT2D eigenvalue weighted by Gasteiger charge is 2.36. The normalized spacial score (nSPS) is 13.1. The summed E-state index contributed by atoms with van der Waals surface area (Å²) in [6.07, 6.45) is -3.62. The van der Waals surface area contributed by atoms with Crippen molar-refractivity contribution in [2.75, 3.05) is 15.9 Å². The van der Waals surface area contributed by atoms with Crippen molar-refractivity contribution < 1.29 is 26.4 Å². The molecule has 1 atom stereocenters. The van der Waals surface area contributed by atoms with Crippen LogP contribution in [-0.2, 0) is 21.0 Å². The van der Waals surface area contributed by atoms with Crippen LogP contribution in [0.5, 0.6) is 0 Å². The molecule has 0 aromatic heterocycles. The number of aryl methyl sites for hydroxylation is 2. The Morgan fingerprint density at radius 3 is 2.31 bits per heavy atom. The van der Waals surface area contributed by atoms with Crippen molar-refractivity contribution in [2.24, 2.45) is 0 Å². The van der Waals surface area contributed by atoms with E-state index >= 15 is 0 Å². The molecule has 29 heavy (non-hydrogen) atoms. The summed E-state index contributed by atoms with van der Waals surface area (Å²) in [5.41, 5.74) is 0.317. The van der Waals surface area contributed by atoms with E-state index in [-0.39, 0.29) is 6.42 Å². The fourth-order valence-electron chi connectivity index (χ4n) is 3.05. The lowest BCUT2D eigenvalue weighted by Crippen LogP contribution is -2.47. The van der Waals surface area contributed by atoms with Crippen LogP contribution in [0.25, 0.3) is 0 Å². The molecule has 9 heteroatoms. The highest BCUT2D eigenvalue weighted by atomic mass is 32.2. The first kappa shape index (κ1) is 22.7. The Labute approximate surface area is 168 Å². The van der Waals surface area contributed by atoms with Gasteiger partial charge in [0.1, 0.15) is 6.04 Å². The quantitative estimate of drug-likeness (QED) is 0.737. The summed E-state index contributed by atoms with van der Waals surface area (Å²) in [7, 11) is -3.89. The van der Waals surface area contributed by atoms with E-state index in [4.69, 9.17) is 0 Å². The minimum absolute atomic E-state index is 0.0699. The number of para-hydroxylation sites is 1. The fourth-order valence-corrected chi connectivity index (χ4v) is 4.31. The lowest BCUT2D eigenvalue weighted by atomic mass is 10.1. The van der Waals surface area contributed by atoms with E-state index in [1.807, 2.05) is 0 Å². The molecule has 1 unspecified atom stereocenters. The van der Waals surface area contributed by atoms with Gasteiger partial charge >= 0.3 is 6.18 Å². The molecule has 0 aliphatic rings. The van der Waals surface area contributed by atoms with Crippen LogP contribution in [0.15, 0.2) is 42.5 Å². The Kier molecular flexibility index (Phi) is 6.62. The number of hydrogen-bond acceptors (Lipinski definition) is 3. The average molecular weight is 428 g/mol. The van der Waals surface area contributed by atoms with Gasteiger partial charge in [-0.3, -0.25) is 9.10 Å². The van der Waals surface area contributed by atoms with Gasteiger partial charge in [-0.1, -0.05) is 31.2 Å². The average Bonchev–Trinajstić information content (AvgIpc) is 2.60. The summed E-state index contributed by atoms with van der Waals surface area (Å²) in [5.74, 6) is -0.837. The number of carbonyl (C=O) groups excluding carboxylic acids is 1. The summed E-state index contributed by atoms with van der Waals surface area (Å²) >= 11 is 0. The largest absolute Gasteiger partial charge is 0.418 e. The van der Waals surface area contributed by atoms with Crippen LogP contribution in [0.3, 0.4) is 0 Å². The maximum Gasteiger partial charge on any atom is 0.418 e. The fraction of sp³-hybridized carbons (Fsp3) is 0.350. The van der Waals surface area contributed by atoms with Crippen LogP contribution in [0.1, 0.15) is 30.0 Å². The molecule has 0 saturated heterocycles. The standard InChI is InChI=1S/C20H23F3N2O3S/c1-5-17(19(26)24-16-9-7-6-8-15(16)20(21,22)23)25(29(4,27)28)18-12-13(2)10-11-14(18)3/h6-12,17H,5H2,1-4H3,(H,24,26). The summed E-state index contributed by atoms with van der Waals surface area (Å²) < 4.78 is 65.8. The maximum atomic E-state index is 13.2. The highest BCUT2D eigenvalue weighted by molar-refractivity contribution is 7.92. The highest BCUT2D eigenvalue weighted by Crippen LogP contribution is 2.35. The molecule has 0 fully saturated rings. The van der Waals surface area contributed by atoms with E-state index in [1.165, 1.54) is 12.1 Å². The maximum absolute atomic E-state index is 13.2. The van der Waals surface area contributed by atoms with Gasteiger partial charge in [0.05, 0.1) is 23.2 Å². The van der Waals surface area contributed by atoms with Crippen molar-refractivity contribution in [1.82, 2.24) is 0 Å². The molecule has 2 aromatic rings. The van der Waals surface area contributed by atoms with Gasteiger partial charge in [-0.25, -0.2) is 8.42 Å². The molecule has 0 radical (unpaired) electrons. The number of amides is 1. The summed E-state index contributed by atoms with van der Waals surface area (Å²) in [4.78, 5) is 12.9. The molecule has 5 nitrogen and oxygen atoms in total. The number of anilines is 2. The predicted octanol–water partition coefficient (Wildman–Crippen LogP) is 4.51. The molecule has 2 aromatic carbocycles. The second kappa shape index (κ2) is 8.44. The number of carbonyl (C=O) groups is 1. The molecule has 0 bridgehead atoms. The Balaban J connectivity index is 2.50. The predicted molar refractivity (Wildman–Crippen MR) is 107 cm³/mol. The van der Waals surface area contributed by atoms with Crippen LogP contribution in [0, 0.1) is 13.8 Å². The number of benzene rings is 2. The van der Waals surface area contributed by atoms with E-state index in [1.54, 1.807) is 39.0 Å². The molecule has 2 rings (SSSR count). The summed E-state index contributed by atoms with van der Waals surface area (Å²) in [6.45, 7) is 5.09. The van der Waals surface area contributed by atoms with E-state index in [9.17, 15) is 26.4 Å². The molecular weight excluding hydrogens is 405 g/mol. The number of sulfonamides is 1. The minimum atomic E-state index is -4.66. The Morgan fingerprint density at radius 2 is 1.76 bits per heavy atom. The van der Waals surface area contributed by atoms with Gasteiger partial charge < -0.3 is 5.32 Å². The zero-order chi connectivity index (χ0) is 22.0. The van der Waals surface area contributed by atoms with Crippen molar-refractivity contribution >= 4 is 27.3 Å². The monoisotopic (exact) mass is 428 g/mol. The molecule has 0 aliphatic heterocycles. The van der Waals surface area contributed by atoms with E-state index < -0.39 is 39.4 Å². The van der Waals surface area contributed by atoms with Crippen LogP contribution in [0.4, 0.5) is 24.5 Å². The van der Waals surface area contributed by atoms with Crippen molar-refractivity contribution in [3.8, 4) is 0 Å². The van der Waals surface area contributed by atoms with Gasteiger partial charge in [-0.05, 0) is 49.6 Å². The number of halogens is 3. The molecular formula is C20H23F3N2O3S. The first-order valence-electron chi connectivity index (χ1n) is 8.90. The van der Waals surface area contributed by atoms with Crippen LogP contribution >= 0.6 is 0 Å². The summed E-state index contributed by atoms with van der Waals surface area (Å²) in [6, 6.07) is 8.53. The third-order valence-corrected chi connectivity index (χ3v) is 5.59. The smallest absolute Gasteiger partial charge is 0.324 e. The molecule has 0 saturated carbocycles. The van der Waals surface area contributed by atoms with Gasteiger partial charge in [0.2, 0.25) is 15.9 Å². The van der Waals surface area contributed by atoms with Crippen LogP contribution < -0.4 is 9.62 Å². The topological polar surface area (TPSA) is 66.5 Å². The molecule has 158 valence electrons. The number of rotatable bonds is 6. The third-order valence-electron chi connectivity index (χ3n) is 4.42. The number of nitrogens with one attached hydrogen (secondary N) is 1. The Hall–Kier alpha value is -2.55. The zero-order valence-electron chi connectivity index (χ0n) is 16.5. The molecule has 1 N–H and O–H groups in total. The van der Waals surface area contributed by atoms with Gasteiger partial charge in [-0.2, -0.15) is 13.2 Å².